The molecule has 3 nitrogen and oxygen atoms in total. The van der Waals surface area contributed by atoms with Crippen LogP contribution in [0.3, 0.4) is 0 Å². The van der Waals surface area contributed by atoms with E-state index in [2.05, 4.69) is 49.2 Å². The van der Waals surface area contributed by atoms with E-state index in [-0.39, 0.29) is 11.9 Å². The maximum atomic E-state index is 13.0. The van der Waals surface area contributed by atoms with Crippen LogP contribution in [0.2, 0.25) is 0 Å². The Morgan fingerprint density at radius 2 is 2.08 bits per heavy atom. The van der Waals surface area contributed by atoms with Crippen LogP contribution < -0.4 is 5.32 Å². The second kappa shape index (κ2) is 7.69. The molecule has 2 fully saturated rings. The second-order valence-corrected chi connectivity index (χ2v) is 7.70. The number of rotatable bonds is 6. The average Bonchev–Trinajstić information content (AvgIpc) is 3.42. The molecule has 1 saturated carbocycles. The van der Waals surface area contributed by atoms with Gasteiger partial charge in [-0.2, -0.15) is 0 Å². The van der Waals surface area contributed by atoms with Crippen LogP contribution in [0.1, 0.15) is 69.4 Å². The average molecular weight is 329 g/mol. The van der Waals surface area contributed by atoms with Crippen LogP contribution in [0.5, 0.6) is 0 Å². The summed E-state index contributed by atoms with van der Waals surface area (Å²) < 4.78 is 0. The molecule has 1 amide bonds. The van der Waals surface area contributed by atoms with Gasteiger partial charge in [0.2, 0.25) is 5.91 Å². The van der Waals surface area contributed by atoms with Gasteiger partial charge in [0.15, 0.2) is 0 Å². The van der Waals surface area contributed by atoms with Crippen molar-refractivity contribution < 1.29 is 4.79 Å². The first kappa shape index (κ1) is 17.5. The summed E-state index contributed by atoms with van der Waals surface area (Å²) in [5.41, 5.74) is 3.58. The molecule has 0 aromatic heterocycles. The molecule has 0 bridgehead atoms. The van der Waals surface area contributed by atoms with Crippen molar-refractivity contribution in [2.24, 2.45) is 5.92 Å². The highest BCUT2D eigenvalue weighted by Crippen LogP contribution is 2.44. The summed E-state index contributed by atoms with van der Waals surface area (Å²) in [6.45, 7) is 8.71. The van der Waals surface area contributed by atoms with Crippen LogP contribution in [-0.4, -0.2) is 29.9 Å². The number of anilines is 1. The lowest BCUT2D eigenvalue weighted by Crippen LogP contribution is -2.47. The van der Waals surface area contributed by atoms with Gasteiger partial charge in [-0.1, -0.05) is 38.5 Å². The number of aryl methyl sites for hydroxylation is 1. The zero-order valence-corrected chi connectivity index (χ0v) is 15.5. The minimum absolute atomic E-state index is 0.0439. The molecule has 1 unspecified atom stereocenters. The third kappa shape index (κ3) is 3.83. The predicted octanol–water partition coefficient (Wildman–Crippen LogP) is 4.71. The third-order valence-corrected chi connectivity index (χ3v) is 5.80. The normalized spacial score (nSPS) is 23.0. The van der Waals surface area contributed by atoms with Crippen molar-refractivity contribution in [3.8, 4) is 0 Å². The molecule has 1 heterocycles. The number of para-hydroxylation sites is 1. The van der Waals surface area contributed by atoms with Crippen molar-refractivity contribution in [1.82, 2.24) is 4.90 Å². The van der Waals surface area contributed by atoms with Crippen LogP contribution in [0.25, 0.3) is 0 Å². The van der Waals surface area contributed by atoms with Gasteiger partial charge < -0.3 is 5.32 Å². The quantitative estimate of drug-likeness (QED) is 0.820. The largest absolute Gasteiger partial charge is 0.324 e. The van der Waals surface area contributed by atoms with Gasteiger partial charge in [-0.25, -0.2) is 0 Å². The first-order valence-corrected chi connectivity index (χ1v) is 9.76. The van der Waals surface area contributed by atoms with Gasteiger partial charge in [-0.3, -0.25) is 9.69 Å². The summed E-state index contributed by atoms with van der Waals surface area (Å²) in [6.07, 6.45) is 7.14. The third-order valence-electron chi connectivity index (χ3n) is 5.80. The fourth-order valence-electron chi connectivity index (χ4n) is 4.14. The minimum Gasteiger partial charge on any atom is -0.324 e. The van der Waals surface area contributed by atoms with Gasteiger partial charge in [0.05, 0.1) is 6.04 Å². The number of nitrogens with one attached hydrogen (secondary N) is 1. The Labute approximate surface area is 146 Å². The van der Waals surface area contributed by atoms with Gasteiger partial charge in [-0.15, -0.1) is 0 Å². The molecular formula is C21H32N2O. The highest BCUT2D eigenvalue weighted by Gasteiger charge is 2.32. The lowest BCUT2D eigenvalue weighted by Gasteiger charge is -2.34. The summed E-state index contributed by atoms with van der Waals surface area (Å²) in [7, 11) is 0. The predicted molar refractivity (Wildman–Crippen MR) is 100 cm³/mol. The number of hydrogen-bond acceptors (Lipinski definition) is 2. The fraction of sp³-hybridized carbons (Fsp3) is 0.667. The molecular weight excluding hydrogens is 296 g/mol. The van der Waals surface area contributed by atoms with E-state index < -0.39 is 0 Å². The zero-order valence-electron chi connectivity index (χ0n) is 15.5. The fourth-order valence-corrected chi connectivity index (χ4v) is 4.14. The van der Waals surface area contributed by atoms with Crippen molar-refractivity contribution in [3.63, 3.8) is 0 Å². The second-order valence-electron chi connectivity index (χ2n) is 7.70. The number of piperidine rings is 1. The lowest BCUT2D eigenvalue weighted by molar-refractivity contribution is -0.122. The summed E-state index contributed by atoms with van der Waals surface area (Å²) in [4.78, 5) is 15.4. The van der Waals surface area contributed by atoms with Crippen molar-refractivity contribution in [3.05, 3.63) is 29.3 Å². The molecule has 1 aromatic carbocycles. The number of carbonyl (C=O) groups excluding carboxylic acids is 1. The van der Waals surface area contributed by atoms with Crippen molar-refractivity contribution in [1.29, 1.82) is 0 Å². The number of likely N-dealkylation sites (tertiary alicyclic amines) is 1. The first-order chi connectivity index (χ1) is 11.6. The Bertz CT molecular complexity index is 577. The van der Waals surface area contributed by atoms with E-state index in [0.29, 0.717) is 5.92 Å². The number of hydrogen-bond donors (Lipinski definition) is 1. The van der Waals surface area contributed by atoms with Crippen molar-refractivity contribution in [2.45, 2.75) is 71.3 Å². The van der Waals surface area contributed by atoms with Gasteiger partial charge in [0, 0.05) is 5.69 Å². The minimum atomic E-state index is 0.0439. The summed E-state index contributed by atoms with van der Waals surface area (Å²) in [5, 5.41) is 3.32. The number of benzene rings is 1. The van der Waals surface area contributed by atoms with Crippen LogP contribution >= 0.6 is 0 Å². The smallest absolute Gasteiger partial charge is 0.241 e. The molecule has 1 N–H and O–H groups in total. The summed E-state index contributed by atoms with van der Waals surface area (Å²) >= 11 is 0. The van der Waals surface area contributed by atoms with Crippen LogP contribution in [0.15, 0.2) is 18.2 Å². The Morgan fingerprint density at radius 1 is 1.29 bits per heavy atom. The van der Waals surface area contributed by atoms with Gasteiger partial charge in [0.1, 0.15) is 0 Å². The molecule has 1 aromatic rings. The Hall–Kier alpha value is -1.35. The maximum absolute atomic E-state index is 13.0. The molecule has 3 heteroatoms. The highest BCUT2D eigenvalue weighted by molar-refractivity contribution is 5.96. The molecule has 2 aliphatic rings. The Kier molecular flexibility index (Phi) is 5.60. The van der Waals surface area contributed by atoms with E-state index in [1.54, 1.807) is 0 Å². The molecule has 24 heavy (non-hydrogen) atoms. The van der Waals surface area contributed by atoms with Crippen LogP contribution in [0, 0.1) is 12.8 Å². The number of amides is 1. The topological polar surface area (TPSA) is 32.3 Å². The SMILES string of the molecule is CCCN1CCCC[C@H]1C(=O)Nc1c(C)cccc1C(C)C1CC1. The Balaban J connectivity index is 1.78. The Morgan fingerprint density at radius 3 is 2.79 bits per heavy atom. The van der Waals surface area contributed by atoms with Crippen molar-refractivity contribution in [2.75, 3.05) is 18.4 Å². The van der Waals surface area contributed by atoms with E-state index in [1.807, 2.05) is 0 Å². The van der Waals surface area contributed by atoms with E-state index >= 15 is 0 Å². The van der Waals surface area contributed by atoms with Gasteiger partial charge >= 0.3 is 0 Å². The number of nitrogens with zero attached hydrogens (tertiary/aromatic N) is 1. The maximum Gasteiger partial charge on any atom is 0.241 e. The molecule has 2 atom stereocenters. The first-order valence-electron chi connectivity index (χ1n) is 9.76. The molecule has 1 aliphatic carbocycles. The van der Waals surface area contributed by atoms with Gasteiger partial charge in [-0.05, 0) is 75.1 Å². The van der Waals surface area contributed by atoms with Crippen LogP contribution in [0.4, 0.5) is 5.69 Å². The molecule has 132 valence electrons. The zero-order chi connectivity index (χ0) is 17.1. The standard InChI is InChI=1S/C21H32N2O/c1-4-13-23-14-6-5-10-19(23)21(24)22-20-15(2)8-7-9-18(20)16(3)17-11-12-17/h7-9,16-17,19H,4-6,10-14H2,1-3H3,(H,22,24)/t16?,19-/m0/s1. The molecule has 0 spiro atoms. The molecule has 0 radical (unpaired) electrons. The van der Waals surface area contributed by atoms with Crippen LogP contribution in [-0.2, 0) is 4.79 Å². The molecule has 3 rings (SSSR count). The van der Waals surface area contributed by atoms with E-state index in [0.717, 1.165) is 44.0 Å². The monoisotopic (exact) mass is 328 g/mol. The van der Waals surface area contributed by atoms with Gasteiger partial charge in [0.25, 0.3) is 0 Å². The molecule has 1 aliphatic heterocycles. The summed E-state index contributed by atoms with van der Waals surface area (Å²) in [6, 6.07) is 6.49. The molecule has 1 saturated heterocycles. The van der Waals surface area contributed by atoms with Crippen molar-refractivity contribution >= 4 is 11.6 Å². The van der Waals surface area contributed by atoms with E-state index in [4.69, 9.17) is 0 Å². The number of carbonyl (C=O) groups is 1. The lowest BCUT2D eigenvalue weighted by atomic mass is 9.92. The van der Waals surface area contributed by atoms with E-state index in [9.17, 15) is 4.79 Å². The van der Waals surface area contributed by atoms with E-state index in [1.165, 1.54) is 30.4 Å². The summed E-state index contributed by atoms with van der Waals surface area (Å²) in [5.74, 6) is 1.54. The highest BCUT2D eigenvalue weighted by atomic mass is 16.2.